The molecule has 0 amide bonds. The van der Waals surface area contributed by atoms with Gasteiger partial charge in [-0.1, -0.05) is 45.3 Å². The molecule has 0 aromatic heterocycles. The minimum absolute atomic E-state index is 0.184. The highest BCUT2D eigenvalue weighted by molar-refractivity contribution is 5.00. The number of hydrogen-bond donors (Lipinski definition) is 1. The van der Waals surface area contributed by atoms with E-state index < -0.39 is 0 Å². The maximum Gasteiger partial charge on any atom is 0.0625 e. The first-order valence-corrected chi connectivity index (χ1v) is 5.82. The lowest BCUT2D eigenvalue weighted by atomic mass is 9.88. The topological polar surface area (TPSA) is 20.2 Å². The Hall–Kier alpha value is -0.300. The first kappa shape index (κ1) is 13.7. The van der Waals surface area contributed by atoms with Crippen LogP contribution in [0, 0.1) is 11.8 Å². The lowest BCUT2D eigenvalue weighted by molar-refractivity contribution is 0.0793. The predicted octanol–water partition coefficient (Wildman–Crippen LogP) is 3.78. The van der Waals surface area contributed by atoms with Crippen LogP contribution in [-0.2, 0) is 0 Å². The lowest BCUT2D eigenvalue weighted by Crippen LogP contribution is -2.24. The first-order chi connectivity index (χ1) is 6.49. The smallest absolute Gasteiger partial charge is 0.0625 e. The largest absolute Gasteiger partial charge is 0.392 e. The third-order valence-corrected chi connectivity index (χ3v) is 2.56. The molecule has 0 aromatic rings. The predicted molar refractivity (Wildman–Crippen MR) is 63.3 cm³/mol. The summed E-state index contributed by atoms with van der Waals surface area (Å²) in [4.78, 5) is 0. The molecule has 0 saturated heterocycles. The van der Waals surface area contributed by atoms with Crippen molar-refractivity contribution in [3.8, 4) is 0 Å². The zero-order valence-corrected chi connectivity index (χ0v) is 10.4. The van der Waals surface area contributed by atoms with Gasteiger partial charge >= 0.3 is 0 Å². The van der Waals surface area contributed by atoms with Gasteiger partial charge in [-0.05, 0) is 26.2 Å². The Labute approximate surface area is 89.2 Å². The third-order valence-electron chi connectivity index (χ3n) is 2.56. The zero-order chi connectivity index (χ0) is 11.1. The quantitative estimate of drug-likeness (QED) is 0.644. The van der Waals surface area contributed by atoms with Gasteiger partial charge in [0, 0.05) is 5.92 Å². The zero-order valence-electron chi connectivity index (χ0n) is 10.4. The van der Waals surface area contributed by atoms with Crippen LogP contribution in [0.3, 0.4) is 0 Å². The average molecular weight is 198 g/mol. The van der Waals surface area contributed by atoms with Crippen LogP contribution < -0.4 is 0 Å². The van der Waals surface area contributed by atoms with Crippen molar-refractivity contribution in [3.05, 3.63) is 11.6 Å². The molecule has 1 heteroatoms. The fourth-order valence-corrected chi connectivity index (χ4v) is 1.72. The van der Waals surface area contributed by atoms with Gasteiger partial charge in [-0.3, -0.25) is 0 Å². The number of hydrogen-bond acceptors (Lipinski definition) is 1. The number of allylic oxidation sites excluding steroid dienone is 1. The van der Waals surface area contributed by atoms with Crippen molar-refractivity contribution in [2.24, 2.45) is 11.8 Å². The summed E-state index contributed by atoms with van der Waals surface area (Å²) < 4.78 is 0. The summed E-state index contributed by atoms with van der Waals surface area (Å²) in [5.41, 5.74) is 1.31. The van der Waals surface area contributed by atoms with Gasteiger partial charge in [0.25, 0.3) is 0 Å². The van der Waals surface area contributed by atoms with E-state index in [1.54, 1.807) is 0 Å². The van der Waals surface area contributed by atoms with Gasteiger partial charge in [0.15, 0.2) is 0 Å². The third kappa shape index (κ3) is 5.43. The number of aliphatic hydroxyl groups excluding tert-OH is 1. The van der Waals surface area contributed by atoms with E-state index in [2.05, 4.69) is 40.7 Å². The van der Waals surface area contributed by atoms with Gasteiger partial charge in [-0.25, -0.2) is 0 Å². The van der Waals surface area contributed by atoms with E-state index in [1.165, 1.54) is 18.4 Å². The Kier molecular flexibility index (Phi) is 6.90. The maximum absolute atomic E-state index is 10.0. The molecule has 0 spiro atoms. The lowest BCUT2D eigenvalue weighted by Gasteiger charge is -2.23. The number of aliphatic hydroxyl groups is 1. The molecule has 0 radical (unpaired) electrons. The van der Waals surface area contributed by atoms with Gasteiger partial charge in [0.1, 0.15) is 0 Å². The molecular formula is C13H26O. The van der Waals surface area contributed by atoms with E-state index in [0.29, 0.717) is 11.8 Å². The second kappa shape index (κ2) is 7.05. The second-order valence-corrected chi connectivity index (χ2v) is 4.78. The van der Waals surface area contributed by atoms with Crippen molar-refractivity contribution in [2.75, 3.05) is 0 Å². The van der Waals surface area contributed by atoms with Crippen LogP contribution in [0.5, 0.6) is 0 Å². The van der Waals surface area contributed by atoms with Crippen molar-refractivity contribution < 1.29 is 5.11 Å². The molecule has 0 aromatic carbocycles. The summed E-state index contributed by atoms with van der Waals surface area (Å²) in [5.74, 6) is 0.701. The Balaban J connectivity index is 4.30. The first-order valence-electron chi connectivity index (χ1n) is 5.82. The van der Waals surface area contributed by atoms with Crippen LogP contribution in [0.25, 0.3) is 0 Å². The highest BCUT2D eigenvalue weighted by Crippen LogP contribution is 2.21. The molecule has 1 nitrogen and oxygen atoms in total. The highest BCUT2D eigenvalue weighted by Gasteiger charge is 2.19. The number of rotatable bonds is 6. The van der Waals surface area contributed by atoms with E-state index in [4.69, 9.17) is 0 Å². The molecule has 1 N–H and O–H groups in total. The summed E-state index contributed by atoms with van der Waals surface area (Å²) in [7, 11) is 0. The Morgan fingerprint density at radius 1 is 1.29 bits per heavy atom. The monoisotopic (exact) mass is 198 g/mol. The minimum Gasteiger partial charge on any atom is -0.392 e. The summed E-state index contributed by atoms with van der Waals surface area (Å²) >= 11 is 0. The van der Waals surface area contributed by atoms with Crippen LogP contribution >= 0.6 is 0 Å². The van der Waals surface area contributed by atoms with Crippen molar-refractivity contribution in [1.29, 1.82) is 0 Å². The van der Waals surface area contributed by atoms with E-state index >= 15 is 0 Å². The molecule has 0 fully saturated rings. The molecule has 2 atom stereocenters. The second-order valence-electron chi connectivity index (χ2n) is 4.78. The Morgan fingerprint density at radius 2 is 1.86 bits per heavy atom. The molecule has 0 bridgehead atoms. The van der Waals surface area contributed by atoms with E-state index in [1.807, 2.05) is 0 Å². The van der Waals surface area contributed by atoms with Gasteiger partial charge in [-0.15, -0.1) is 0 Å². The average Bonchev–Trinajstić information content (AvgIpc) is 2.10. The van der Waals surface area contributed by atoms with Gasteiger partial charge < -0.3 is 5.11 Å². The Morgan fingerprint density at radius 3 is 2.21 bits per heavy atom. The number of unbranched alkanes of at least 4 members (excludes halogenated alkanes) is 1. The van der Waals surface area contributed by atoms with Crippen molar-refractivity contribution >= 4 is 0 Å². The molecule has 0 aliphatic carbocycles. The fraction of sp³-hybridized carbons (Fsp3) is 0.846. The van der Waals surface area contributed by atoms with E-state index in [0.717, 1.165) is 6.42 Å². The van der Waals surface area contributed by atoms with E-state index in [-0.39, 0.29) is 6.10 Å². The molecule has 0 aliphatic rings. The van der Waals surface area contributed by atoms with E-state index in [9.17, 15) is 5.11 Å². The summed E-state index contributed by atoms with van der Waals surface area (Å²) in [6.45, 7) is 10.6. The normalized spacial score (nSPS) is 15.4. The van der Waals surface area contributed by atoms with Crippen molar-refractivity contribution in [3.63, 3.8) is 0 Å². The van der Waals surface area contributed by atoms with Crippen LogP contribution in [0.1, 0.15) is 53.9 Å². The molecular weight excluding hydrogens is 172 g/mol. The summed E-state index contributed by atoms with van der Waals surface area (Å²) in [6, 6.07) is 0. The minimum atomic E-state index is -0.184. The molecule has 0 unspecified atom stereocenters. The SMILES string of the molecule is CCCC[C@H](C=C(C)C)[C@@H](O)C(C)C. The van der Waals surface area contributed by atoms with Gasteiger partial charge in [-0.2, -0.15) is 0 Å². The van der Waals surface area contributed by atoms with Crippen LogP contribution in [0.2, 0.25) is 0 Å². The molecule has 14 heavy (non-hydrogen) atoms. The van der Waals surface area contributed by atoms with Crippen molar-refractivity contribution in [2.45, 2.75) is 60.0 Å². The van der Waals surface area contributed by atoms with Crippen LogP contribution in [0.15, 0.2) is 11.6 Å². The Bertz CT molecular complexity index is 166. The molecule has 84 valence electrons. The maximum atomic E-state index is 10.0. The van der Waals surface area contributed by atoms with Crippen molar-refractivity contribution in [1.82, 2.24) is 0 Å². The summed E-state index contributed by atoms with van der Waals surface area (Å²) in [6.07, 6.45) is 5.56. The van der Waals surface area contributed by atoms with Crippen LogP contribution in [-0.4, -0.2) is 11.2 Å². The van der Waals surface area contributed by atoms with Gasteiger partial charge in [0.05, 0.1) is 6.10 Å². The van der Waals surface area contributed by atoms with Gasteiger partial charge in [0.2, 0.25) is 0 Å². The fourth-order valence-electron chi connectivity index (χ4n) is 1.72. The summed E-state index contributed by atoms with van der Waals surface area (Å²) in [5, 5.41) is 10.0. The molecule has 0 heterocycles. The molecule has 0 aliphatic heterocycles. The highest BCUT2D eigenvalue weighted by atomic mass is 16.3. The molecule has 0 rings (SSSR count). The van der Waals surface area contributed by atoms with Crippen LogP contribution in [0.4, 0.5) is 0 Å². The molecule has 0 saturated carbocycles. The standard InChI is InChI=1S/C13H26O/c1-6-7-8-12(9-10(2)3)13(14)11(4)5/h9,11-14H,6-8H2,1-5H3/t12-,13+/m1/s1.